The van der Waals surface area contributed by atoms with Crippen molar-refractivity contribution >= 4 is 43.0 Å². The number of hydrogen-bond donors (Lipinski definition) is 2. The molecule has 0 aliphatic carbocycles. The Kier molecular flexibility index (Phi) is 5.57. The van der Waals surface area contributed by atoms with Gasteiger partial charge in [0, 0.05) is 24.0 Å². The van der Waals surface area contributed by atoms with Gasteiger partial charge in [0.15, 0.2) is 0 Å². The van der Waals surface area contributed by atoms with Crippen LogP contribution < -0.4 is 14.3 Å². The zero-order valence-electron chi connectivity index (χ0n) is 14.4. The Morgan fingerprint density at radius 3 is 2.15 bits per heavy atom. The highest BCUT2D eigenvalue weighted by atomic mass is 32.2. The Labute approximate surface area is 152 Å². The van der Waals surface area contributed by atoms with Crippen LogP contribution in [0.4, 0.5) is 17.1 Å². The van der Waals surface area contributed by atoms with E-state index in [0.717, 1.165) is 16.8 Å². The summed E-state index contributed by atoms with van der Waals surface area (Å²) in [6, 6.07) is 12.4. The number of anilines is 3. The van der Waals surface area contributed by atoms with Crippen LogP contribution in [0.1, 0.15) is 10.4 Å². The predicted molar refractivity (Wildman–Crippen MR) is 103 cm³/mol. The van der Waals surface area contributed by atoms with Crippen molar-refractivity contribution in [3.63, 3.8) is 0 Å². The molecule has 0 atom stereocenters. The molecule has 0 saturated heterocycles. The minimum absolute atomic E-state index is 0.250. The van der Waals surface area contributed by atoms with Crippen LogP contribution in [0.15, 0.2) is 48.5 Å². The Morgan fingerprint density at radius 1 is 0.923 bits per heavy atom. The summed E-state index contributed by atoms with van der Waals surface area (Å²) in [5, 5.41) is 2.66. The van der Waals surface area contributed by atoms with E-state index < -0.39 is 26.0 Å². The summed E-state index contributed by atoms with van der Waals surface area (Å²) in [6.07, 6.45) is 2.10. The lowest BCUT2D eigenvalue weighted by Crippen LogP contribution is -2.24. The van der Waals surface area contributed by atoms with E-state index in [1.165, 1.54) is 31.3 Å². The zero-order valence-corrected chi connectivity index (χ0v) is 16.1. The van der Waals surface area contributed by atoms with Crippen LogP contribution in [0.5, 0.6) is 0 Å². The van der Waals surface area contributed by atoms with Crippen molar-refractivity contribution < 1.29 is 21.6 Å². The Morgan fingerprint density at radius 2 is 1.54 bits per heavy atom. The number of carbonyl (C=O) groups excluding carboxylic acids is 1. The smallest absolute Gasteiger partial charge is 0.255 e. The van der Waals surface area contributed by atoms with Gasteiger partial charge in [-0.2, -0.15) is 0 Å². The van der Waals surface area contributed by atoms with Crippen molar-refractivity contribution in [2.45, 2.75) is 0 Å². The van der Waals surface area contributed by atoms with Crippen LogP contribution in [-0.2, 0) is 20.0 Å². The summed E-state index contributed by atoms with van der Waals surface area (Å²) in [4.78, 5) is 12.4. The molecular weight excluding hydrogens is 378 g/mol. The van der Waals surface area contributed by atoms with Gasteiger partial charge in [0.25, 0.3) is 5.91 Å². The lowest BCUT2D eigenvalue weighted by Gasteiger charge is -2.17. The first kappa shape index (κ1) is 19.7. The Hall–Kier alpha value is -2.59. The molecule has 0 unspecified atom stereocenters. The van der Waals surface area contributed by atoms with Crippen LogP contribution in [0.3, 0.4) is 0 Å². The van der Waals surface area contributed by atoms with Gasteiger partial charge in [-0.15, -0.1) is 0 Å². The number of carbonyl (C=O) groups is 1. The average molecular weight is 397 g/mol. The van der Waals surface area contributed by atoms with Crippen molar-refractivity contribution in [1.82, 2.24) is 0 Å². The summed E-state index contributed by atoms with van der Waals surface area (Å²) in [7, 11) is -5.46. The molecule has 0 radical (unpaired) electrons. The van der Waals surface area contributed by atoms with Gasteiger partial charge >= 0.3 is 0 Å². The summed E-state index contributed by atoms with van der Waals surface area (Å²) < 4.78 is 49.2. The van der Waals surface area contributed by atoms with E-state index in [4.69, 9.17) is 0 Å². The highest BCUT2D eigenvalue weighted by Gasteiger charge is 2.13. The fourth-order valence-corrected chi connectivity index (χ4v) is 3.16. The topological polar surface area (TPSA) is 113 Å². The van der Waals surface area contributed by atoms with E-state index in [9.17, 15) is 21.6 Å². The minimum atomic E-state index is -3.45. The van der Waals surface area contributed by atoms with E-state index in [2.05, 4.69) is 10.0 Å². The molecule has 0 aliphatic heterocycles. The molecule has 140 valence electrons. The largest absolute Gasteiger partial charge is 0.322 e. The van der Waals surface area contributed by atoms with Gasteiger partial charge in [-0.1, -0.05) is 12.1 Å². The van der Waals surface area contributed by atoms with Gasteiger partial charge < -0.3 is 5.32 Å². The monoisotopic (exact) mass is 397 g/mol. The van der Waals surface area contributed by atoms with Crippen LogP contribution in [0.25, 0.3) is 0 Å². The fraction of sp³-hybridized carbons (Fsp3) is 0.188. The van der Waals surface area contributed by atoms with Crippen molar-refractivity contribution in [2.75, 3.05) is 33.9 Å². The van der Waals surface area contributed by atoms with Crippen LogP contribution in [0.2, 0.25) is 0 Å². The van der Waals surface area contributed by atoms with Crippen molar-refractivity contribution in [1.29, 1.82) is 0 Å². The molecule has 0 aromatic heterocycles. The molecule has 2 aromatic carbocycles. The van der Waals surface area contributed by atoms with Crippen LogP contribution >= 0.6 is 0 Å². The molecule has 8 nitrogen and oxygen atoms in total. The first-order valence-electron chi connectivity index (χ1n) is 7.39. The number of hydrogen-bond acceptors (Lipinski definition) is 5. The maximum atomic E-state index is 12.4. The van der Waals surface area contributed by atoms with Gasteiger partial charge in [0.05, 0.1) is 18.2 Å². The molecule has 0 heterocycles. The molecule has 2 aromatic rings. The molecule has 0 fully saturated rings. The molecule has 26 heavy (non-hydrogen) atoms. The van der Waals surface area contributed by atoms with Crippen LogP contribution in [-0.4, -0.2) is 42.3 Å². The highest BCUT2D eigenvalue weighted by Crippen LogP contribution is 2.21. The van der Waals surface area contributed by atoms with Crippen molar-refractivity contribution in [3.8, 4) is 0 Å². The summed E-state index contributed by atoms with van der Waals surface area (Å²) in [6.45, 7) is 0. The van der Waals surface area contributed by atoms with Gasteiger partial charge in [-0.05, 0) is 36.4 Å². The number of rotatable bonds is 6. The Balaban J connectivity index is 2.22. The second kappa shape index (κ2) is 7.34. The molecule has 1 amide bonds. The number of nitrogens with one attached hydrogen (secondary N) is 2. The Bertz CT molecular complexity index is 1030. The first-order chi connectivity index (χ1) is 12.0. The lowest BCUT2D eigenvalue weighted by atomic mass is 10.2. The summed E-state index contributed by atoms with van der Waals surface area (Å²) >= 11 is 0. The highest BCUT2D eigenvalue weighted by molar-refractivity contribution is 7.92. The maximum Gasteiger partial charge on any atom is 0.255 e. The molecule has 2 N–H and O–H groups in total. The van der Waals surface area contributed by atoms with Crippen molar-refractivity contribution in [3.05, 3.63) is 54.1 Å². The van der Waals surface area contributed by atoms with E-state index in [-0.39, 0.29) is 11.3 Å². The average Bonchev–Trinajstić information content (AvgIpc) is 2.52. The van der Waals surface area contributed by atoms with E-state index >= 15 is 0 Å². The second-order valence-corrected chi connectivity index (χ2v) is 9.45. The van der Waals surface area contributed by atoms with Gasteiger partial charge in [-0.3, -0.25) is 13.8 Å². The molecular formula is C16H19N3O5S2. The normalized spacial score (nSPS) is 11.7. The summed E-state index contributed by atoms with van der Waals surface area (Å²) in [5.74, 6) is -0.457. The lowest BCUT2D eigenvalue weighted by molar-refractivity contribution is 0.102. The molecule has 0 saturated carbocycles. The number of benzene rings is 2. The summed E-state index contributed by atoms with van der Waals surface area (Å²) in [5.41, 5.74) is 1.33. The molecule has 0 spiro atoms. The number of amides is 1. The first-order valence-corrected chi connectivity index (χ1v) is 11.1. The number of nitrogens with zero attached hydrogens (tertiary/aromatic N) is 1. The number of sulfonamides is 2. The SMILES string of the molecule is CN(c1cccc(NC(=O)c2cccc(NS(C)(=O)=O)c2)c1)S(C)(=O)=O. The van der Waals surface area contributed by atoms with E-state index in [1.807, 2.05) is 0 Å². The van der Waals surface area contributed by atoms with Gasteiger partial charge in [0.2, 0.25) is 20.0 Å². The molecule has 0 aliphatic rings. The van der Waals surface area contributed by atoms with E-state index in [0.29, 0.717) is 11.4 Å². The van der Waals surface area contributed by atoms with Gasteiger partial charge in [0.1, 0.15) is 0 Å². The molecule has 10 heteroatoms. The third-order valence-corrected chi connectivity index (χ3v) is 5.21. The third kappa shape index (κ3) is 5.46. The van der Waals surface area contributed by atoms with Crippen LogP contribution in [0, 0.1) is 0 Å². The second-order valence-electron chi connectivity index (χ2n) is 5.69. The van der Waals surface area contributed by atoms with Crippen molar-refractivity contribution in [2.24, 2.45) is 0 Å². The standard InChI is InChI=1S/C16H19N3O5S2/c1-19(26(3,23)24)15-9-5-7-13(11-15)17-16(20)12-6-4-8-14(10-12)18-25(2,21)22/h4-11,18H,1-3H3,(H,17,20). The van der Waals surface area contributed by atoms with Gasteiger partial charge in [-0.25, -0.2) is 16.8 Å². The quantitative estimate of drug-likeness (QED) is 0.770. The molecule has 0 bridgehead atoms. The predicted octanol–water partition coefficient (Wildman–Crippen LogP) is 1.71. The van der Waals surface area contributed by atoms with E-state index in [1.54, 1.807) is 24.3 Å². The molecule has 2 rings (SSSR count). The zero-order chi connectivity index (χ0) is 19.5. The minimum Gasteiger partial charge on any atom is -0.322 e. The fourth-order valence-electron chi connectivity index (χ4n) is 2.11. The maximum absolute atomic E-state index is 12.4. The third-order valence-electron chi connectivity index (χ3n) is 3.39.